The molecule has 0 fully saturated rings. The normalized spacial score (nSPS) is 10.6. The number of nitrogens with zero attached hydrogens (tertiary/aromatic N) is 3. The van der Waals surface area contributed by atoms with Crippen molar-refractivity contribution < 1.29 is 14.3 Å². The molecule has 6 nitrogen and oxygen atoms in total. The molecule has 100 valence electrons. The first-order chi connectivity index (χ1) is 8.99. The van der Waals surface area contributed by atoms with Gasteiger partial charge in [0.15, 0.2) is 5.82 Å². The summed E-state index contributed by atoms with van der Waals surface area (Å²) in [5.41, 5.74) is 0.195. The van der Waals surface area contributed by atoms with Gasteiger partial charge in [0.1, 0.15) is 5.82 Å². The Morgan fingerprint density at radius 1 is 1.53 bits per heavy atom. The fourth-order valence-corrected chi connectivity index (χ4v) is 2.27. The van der Waals surface area contributed by atoms with Crippen molar-refractivity contribution in [3.8, 4) is 11.4 Å². The molecule has 2 rings (SSSR count). The third-order valence-electron chi connectivity index (χ3n) is 2.16. The lowest BCUT2D eigenvalue weighted by atomic mass is 10.2. The Morgan fingerprint density at radius 3 is 2.89 bits per heavy atom. The maximum absolute atomic E-state index is 13.8. The molecule has 2 aromatic rings. The number of benzene rings is 1. The molecule has 1 aromatic heterocycles. The van der Waals surface area contributed by atoms with Gasteiger partial charge in [-0.05, 0) is 18.2 Å². The van der Waals surface area contributed by atoms with E-state index in [2.05, 4.69) is 26.1 Å². The summed E-state index contributed by atoms with van der Waals surface area (Å²) in [7, 11) is 0. The number of nitrogen functional groups attached to an aromatic ring is 1. The van der Waals surface area contributed by atoms with Gasteiger partial charge in [-0.2, -0.15) is 0 Å². The molecule has 0 bridgehead atoms. The molecule has 0 saturated carbocycles. The minimum absolute atomic E-state index is 0.137. The second-order valence-electron chi connectivity index (χ2n) is 3.48. The van der Waals surface area contributed by atoms with Crippen LogP contribution < -0.4 is 5.84 Å². The maximum atomic E-state index is 13.8. The number of thioether (sulfide) groups is 1. The highest BCUT2D eigenvalue weighted by Gasteiger charge is 2.16. The van der Waals surface area contributed by atoms with E-state index in [0.717, 1.165) is 16.4 Å². The van der Waals surface area contributed by atoms with E-state index in [-0.39, 0.29) is 22.3 Å². The van der Waals surface area contributed by atoms with Crippen molar-refractivity contribution in [2.75, 3.05) is 11.6 Å². The molecule has 0 unspecified atom stereocenters. The average Bonchev–Trinajstić information content (AvgIpc) is 2.68. The van der Waals surface area contributed by atoms with E-state index in [4.69, 9.17) is 10.9 Å². The number of carbonyl (C=O) groups is 1. The van der Waals surface area contributed by atoms with Crippen LogP contribution in [0, 0.1) is 5.82 Å². The lowest BCUT2D eigenvalue weighted by molar-refractivity contribution is -0.133. The number of carboxylic acid groups (broad SMARTS) is 1. The Balaban J connectivity index is 2.33. The second-order valence-corrected chi connectivity index (χ2v) is 5.34. The summed E-state index contributed by atoms with van der Waals surface area (Å²) in [5, 5.41) is 16.3. The molecule has 0 aliphatic carbocycles. The minimum atomic E-state index is -0.996. The highest BCUT2D eigenvalue weighted by Crippen LogP contribution is 2.25. The van der Waals surface area contributed by atoms with Crippen molar-refractivity contribution in [2.24, 2.45) is 0 Å². The van der Waals surface area contributed by atoms with Crippen LogP contribution in [0.3, 0.4) is 0 Å². The van der Waals surface area contributed by atoms with Crippen LogP contribution in [-0.2, 0) is 4.79 Å². The lowest BCUT2D eigenvalue weighted by Crippen LogP contribution is -2.13. The summed E-state index contributed by atoms with van der Waals surface area (Å²) in [6.45, 7) is 0. The Bertz CT molecular complexity index is 634. The first-order valence-electron chi connectivity index (χ1n) is 4.99. The van der Waals surface area contributed by atoms with Crippen LogP contribution in [0.5, 0.6) is 0 Å². The number of hydrogen-bond acceptors (Lipinski definition) is 5. The van der Waals surface area contributed by atoms with Gasteiger partial charge in [0, 0.05) is 4.47 Å². The zero-order valence-electron chi connectivity index (χ0n) is 9.38. The number of carboxylic acids is 1. The second kappa shape index (κ2) is 5.57. The van der Waals surface area contributed by atoms with Gasteiger partial charge in [0.25, 0.3) is 0 Å². The van der Waals surface area contributed by atoms with E-state index < -0.39 is 11.8 Å². The quantitative estimate of drug-likeness (QED) is 0.646. The van der Waals surface area contributed by atoms with Gasteiger partial charge < -0.3 is 10.9 Å². The van der Waals surface area contributed by atoms with Crippen LogP contribution in [0.2, 0.25) is 0 Å². The molecule has 0 radical (unpaired) electrons. The van der Waals surface area contributed by atoms with Crippen molar-refractivity contribution in [2.45, 2.75) is 5.16 Å². The zero-order chi connectivity index (χ0) is 14.0. The number of aliphatic carboxylic acids is 1. The molecular formula is C10H8BrFN4O2S. The number of nitrogens with two attached hydrogens (primary N) is 1. The third-order valence-corrected chi connectivity index (χ3v) is 3.58. The Labute approximate surface area is 119 Å². The summed E-state index contributed by atoms with van der Waals surface area (Å²) in [5.74, 6) is 4.18. The standard InChI is InChI=1S/C10H8BrFN4O2S/c11-5-1-2-6(7(12)3-5)9-14-15-10(16(9)13)19-4-8(17)18/h1-3H,4,13H2,(H,17,18). The Hall–Kier alpha value is -1.61. The van der Waals surface area contributed by atoms with Crippen molar-refractivity contribution in [3.63, 3.8) is 0 Å². The number of halogens is 2. The fourth-order valence-electron chi connectivity index (χ4n) is 1.36. The van der Waals surface area contributed by atoms with E-state index in [0.29, 0.717) is 4.47 Å². The average molecular weight is 347 g/mol. The predicted octanol–water partition coefficient (Wildman–Crippen LogP) is 1.74. The third kappa shape index (κ3) is 3.04. The summed E-state index contributed by atoms with van der Waals surface area (Å²) in [6.07, 6.45) is 0. The number of rotatable bonds is 4. The van der Waals surface area contributed by atoms with Gasteiger partial charge in [-0.3, -0.25) is 4.79 Å². The predicted molar refractivity (Wildman–Crippen MR) is 71.6 cm³/mol. The zero-order valence-corrected chi connectivity index (χ0v) is 11.8. The molecule has 0 saturated heterocycles. The fraction of sp³-hybridized carbons (Fsp3) is 0.100. The first-order valence-corrected chi connectivity index (χ1v) is 6.77. The molecule has 0 atom stereocenters. The maximum Gasteiger partial charge on any atom is 0.313 e. The highest BCUT2D eigenvalue weighted by molar-refractivity contribution is 9.10. The smallest absolute Gasteiger partial charge is 0.313 e. The Morgan fingerprint density at radius 2 is 2.26 bits per heavy atom. The Kier molecular flexibility index (Phi) is 4.05. The van der Waals surface area contributed by atoms with Crippen molar-refractivity contribution in [3.05, 3.63) is 28.5 Å². The van der Waals surface area contributed by atoms with E-state index in [1.807, 2.05) is 0 Å². The highest BCUT2D eigenvalue weighted by atomic mass is 79.9. The molecule has 9 heteroatoms. The molecule has 0 spiro atoms. The molecular weight excluding hydrogens is 339 g/mol. The number of aromatic nitrogens is 3. The van der Waals surface area contributed by atoms with E-state index >= 15 is 0 Å². The topological polar surface area (TPSA) is 94.0 Å². The van der Waals surface area contributed by atoms with Gasteiger partial charge in [0.2, 0.25) is 5.16 Å². The van der Waals surface area contributed by atoms with Crippen LogP contribution in [0.25, 0.3) is 11.4 Å². The van der Waals surface area contributed by atoms with Gasteiger partial charge >= 0.3 is 5.97 Å². The van der Waals surface area contributed by atoms with Gasteiger partial charge in [-0.1, -0.05) is 27.7 Å². The summed E-state index contributed by atoms with van der Waals surface area (Å²) in [6, 6.07) is 4.45. The SMILES string of the molecule is Nn1c(SCC(=O)O)nnc1-c1ccc(Br)cc1F. The van der Waals surface area contributed by atoms with Gasteiger partial charge in [-0.25, -0.2) is 9.07 Å². The van der Waals surface area contributed by atoms with Crippen molar-refractivity contribution in [1.29, 1.82) is 0 Å². The molecule has 1 heterocycles. The summed E-state index contributed by atoms with van der Waals surface area (Å²) < 4.78 is 15.4. The molecule has 0 aliphatic heterocycles. The summed E-state index contributed by atoms with van der Waals surface area (Å²) in [4.78, 5) is 10.5. The molecule has 0 amide bonds. The molecule has 0 aliphatic rings. The largest absolute Gasteiger partial charge is 0.481 e. The van der Waals surface area contributed by atoms with E-state index in [1.54, 1.807) is 6.07 Å². The molecule has 19 heavy (non-hydrogen) atoms. The van der Waals surface area contributed by atoms with Crippen LogP contribution in [0.15, 0.2) is 27.8 Å². The first kappa shape index (κ1) is 13.8. The van der Waals surface area contributed by atoms with Gasteiger partial charge in [-0.15, -0.1) is 10.2 Å². The minimum Gasteiger partial charge on any atom is -0.481 e. The number of hydrogen-bond donors (Lipinski definition) is 2. The van der Waals surface area contributed by atoms with E-state index in [1.165, 1.54) is 12.1 Å². The van der Waals surface area contributed by atoms with Crippen LogP contribution in [0.4, 0.5) is 4.39 Å². The van der Waals surface area contributed by atoms with Crippen LogP contribution >= 0.6 is 27.7 Å². The van der Waals surface area contributed by atoms with Crippen LogP contribution in [-0.4, -0.2) is 31.7 Å². The molecule has 1 aromatic carbocycles. The van der Waals surface area contributed by atoms with Crippen molar-refractivity contribution in [1.82, 2.24) is 14.9 Å². The van der Waals surface area contributed by atoms with E-state index in [9.17, 15) is 9.18 Å². The molecule has 3 N–H and O–H groups in total. The monoisotopic (exact) mass is 346 g/mol. The van der Waals surface area contributed by atoms with Crippen molar-refractivity contribution >= 4 is 33.7 Å². The van der Waals surface area contributed by atoms with Gasteiger partial charge in [0.05, 0.1) is 11.3 Å². The lowest BCUT2D eigenvalue weighted by Gasteiger charge is -2.04. The van der Waals surface area contributed by atoms with Crippen LogP contribution in [0.1, 0.15) is 0 Å². The summed E-state index contributed by atoms with van der Waals surface area (Å²) >= 11 is 4.06.